The standard InChI is InChI=1S/C7H11FNO/c1-9-4-2-7(8,6-10)3-5-9/h2-5H2,1H3. The lowest BCUT2D eigenvalue weighted by Gasteiger charge is -2.29. The molecule has 1 aliphatic rings. The number of rotatable bonds is 1. The van der Waals surface area contributed by atoms with Crippen LogP contribution >= 0.6 is 0 Å². The van der Waals surface area contributed by atoms with Crippen LogP contribution in [-0.4, -0.2) is 37.0 Å². The van der Waals surface area contributed by atoms with Gasteiger partial charge >= 0.3 is 0 Å². The van der Waals surface area contributed by atoms with Crippen molar-refractivity contribution in [3.05, 3.63) is 0 Å². The van der Waals surface area contributed by atoms with E-state index < -0.39 is 5.67 Å². The summed E-state index contributed by atoms with van der Waals surface area (Å²) in [5.74, 6) is 0. The van der Waals surface area contributed by atoms with Crippen LogP contribution < -0.4 is 0 Å². The van der Waals surface area contributed by atoms with Crippen molar-refractivity contribution in [3.8, 4) is 0 Å². The maximum absolute atomic E-state index is 13.0. The topological polar surface area (TPSA) is 20.3 Å². The van der Waals surface area contributed by atoms with Gasteiger partial charge in [-0.3, -0.25) is 4.79 Å². The first kappa shape index (κ1) is 7.66. The van der Waals surface area contributed by atoms with Crippen LogP contribution in [0.3, 0.4) is 0 Å². The number of piperidine rings is 1. The smallest absolute Gasteiger partial charge is 0.238 e. The van der Waals surface area contributed by atoms with Gasteiger partial charge in [0.15, 0.2) is 5.67 Å². The van der Waals surface area contributed by atoms with Crippen molar-refractivity contribution in [3.63, 3.8) is 0 Å². The molecule has 0 spiro atoms. The first-order valence-corrected chi connectivity index (χ1v) is 3.43. The van der Waals surface area contributed by atoms with E-state index in [1.807, 2.05) is 11.9 Å². The molecular formula is C7H11FNO. The molecular weight excluding hydrogens is 133 g/mol. The summed E-state index contributed by atoms with van der Waals surface area (Å²) in [6.45, 7) is 1.32. The summed E-state index contributed by atoms with van der Waals surface area (Å²) in [5.41, 5.74) is -1.65. The second-order valence-corrected chi connectivity index (χ2v) is 2.87. The number of hydrogen-bond acceptors (Lipinski definition) is 2. The van der Waals surface area contributed by atoms with Crippen LogP contribution in [0.25, 0.3) is 0 Å². The SMILES string of the molecule is CN1CCC(F)([C]=O)CC1. The van der Waals surface area contributed by atoms with Gasteiger partial charge in [-0.1, -0.05) is 0 Å². The molecule has 0 aromatic heterocycles. The zero-order valence-corrected chi connectivity index (χ0v) is 6.06. The Labute approximate surface area is 60.0 Å². The number of hydrogen-bond donors (Lipinski definition) is 0. The predicted molar refractivity (Wildman–Crippen MR) is 36.3 cm³/mol. The lowest BCUT2D eigenvalue weighted by atomic mass is 9.96. The molecule has 1 fully saturated rings. The minimum atomic E-state index is -1.65. The molecule has 3 heteroatoms. The van der Waals surface area contributed by atoms with E-state index in [2.05, 4.69) is 0 Å². The Bertz CT molecular complexity index is 130. The summed E-state index contributed by atoms with van der Waals surface area (Å²) in [6, 6.07) is 0. The van der Waals surface area contributed by atoms with Crippen LogP contribution in [0.5, 0.6) is 0 Å². The van der Waals surface area contributed by atoms with Gasteiger partial charge in [-0.05, 0) is 7.05 Å². The quantitative estimate of drug-likeness (QED) is 0.535. The van der Waals surface area contributed by atoms with Crippen molar-refractivity contribution in [2.45, 2.75) is 18.5 Å². The number of likely N-dealkylation sites (tertiary alicyclic amines) is 1. The van der Waals surface area contributed by atoms with Crippen LogP contribution in [-0.2, 0) is 4.79 Å². The molecule has 0 aromatic rings. The van der Waals surface area contributed by atoms with E-state index in [0.29, 0.717) is 25.9 Å². The van der Waals surface area contributed by atoms with Gasteiger partial charge in [0, 0.05) is 25.9 Å². The Hall–Kier alpha value is -0.440. The van der Waals surface area contributed by atoms with E-state index in [1.54, 1.807) is 0 Å². The molecule has 1 radical (unpaired) electrons. The normalized spacial score (nSPS) is 26.2. The summed E-state index contributed by atoms with van der Waals surface area (Å²) in [6.07, 6.45) is 2.05. The molecule has 0 aliphatic carbocycles. The maximum atomic E-state index is 13.0. The van der Waals surface area contributed by atoms with Gasteiger partial charge in [0.05, 0.1) is 0 Å². The van der Waals surface area contributed by atoms with E-state index >= 15 is 0 Å². The van der Waals surface area contributed by atoms with Gasteiger partial charge in [-0.25, -0.2) is 4.39 Å². The van der Waals surface area contributed by atoms with E-state index in [0.717, 1.165) is 0 Å². The summed E-state index contributed by atoms with van der Waals surface area (Å²) in [4.78, 5) is 12.1. The average molecular weight is 144 g/mol. The monoisotopic (exact) mass is 144 g/mol. The minimum Gasteiger partial charge on any atom is -0.306 e. The zero-order chi connectivity index (χ0) is 7.61. The fraction of sp³-hybridized carbons (Fsp3) is 0.857. The molecule has 2 nitrogen and oxygen atoms in total. The summed E-state index contributed by atoms with van der Waals surface area (Å²) in [7, 11) is 1.92. The summed E-state index contributed by atoms with van der Waals surface area (Å²) < 4.78 is 13.0. The maximum Gasteiger partial charge on any atom is 0.238 e. The number of halogens is 1. The average Bonchev–Trinajstić information content (AvgIpc) is 1.96. The number of carbonyl (C=O) groups excluding carboxylic acids is 1. The molecule has 0 amide bonds. The third-order valence-corrected chi connectivity index (χ3v) is 1.96. The molecule has 0 saturated carbocycles. The highest BCUT2D eigenvalue weighted by Gasteiger charge is 2.33. The van der Waals surface area contributed by atoms with Gasteiger partial charge in [0.1, 0.15) is 0 Å². The van der Waals surface area contributed by atoms with Crippen LogP contribution in [0.4, 0.5) is 4.39 Å². The van der Waals surface area contributed by atoms with Crippen molar-refractivity contribution < 1.29 is 9.18 Å². The predicted octanol–water partition coefficient (Wildman–Crippen LogP) is 0.530. The second kappa shape index (κ2) is 2.66. The number of alkyl halides is 1. The van der Waals surface area contributed by atoms with Gasteiger partial charge in [0.25, 0.3) is 0 Å². The van der Waals surface area contributed by atoms with Gasteiger partial charge in [0.2, 0.25) is 6.29 Å². The van der Waals surface area contributed by atoms with E-state index in [9.17, 15) is 9.18 Å². The number of nitrogens with zero attached hydrogens (tertiary/aromatic N) is 1. The van der Waals surface area contributed by atoms with Crippen molar-refractivity contribution in [2.24, 2.45) is 0 Å². The van der Waals surface area contributed by atoms with E-state index in [4.69, 9.17) is 0 Å². The Morgan fingerprint density at radius 2 is 2.00 bits per heavy atom. The summed E-state index contributed by atoms with van der Waals surface area (Å²) in [5, 5.41) is 0. The highest BCUT2D eigenvalue weighted by molar-refractivity contribution is 5.63. The Morgan fingerprint density at radius 1 is 1.50 bits per heavy atom. The second-order valence-electron chi connectivity index (χ2n) is 2.87. The molecule has 0 bridgehead atoms. The largest absolute Gasteiger partial charge is 0.306 e. The molecule has 0 atom stereocenters. The molecule has 1 saturated heterocycles. The Morgan fingerprint density at radius 3 is 2.40 bits per heavy atom. The molecule has 0 unspecified atom stereocenters. The van der Waals surface area contributed by atoms with Crippen LogP contribution in [0.15, 0.2) is 0 Å². The highest BCUT2D eigenvalue weighted by atomic mass is 19.1. The molecule has 1 rings (SSSR count). The van der Waals surface area contributed by atoms with Crippen LogP contribution in [0.2, 0.25) is 0 Å². The third kappa shape index (κ3) is 1.53. The fourth-order valence-electron chi connectivity index (χ4n) is 1.08. The third-order valence-electron chi connectivity index (χ3n) is 1.96. The molecule has 1 aliphatic heterocycles. The fourth-order valence-corrected chi connectivity index (χ4v) is 1.08. The Kier molecular flexibility index (Phi) is 2.04. The first-order chi connectivity index (χ1) is 4.66. The minimum absolute atomic E-state index is 0.299. The summed E-state index contributed by atoms with van der Waals surface area (Å²) >= 11 is 0. The molecule has 57 valence electrons. The van der Waals surface area contributed by atoms with Gasteiger partial charge in [-0.2, -0.15) is 0 Å². The molecule has 10 heavy (non-hydrogen) atoms. The van der Waals surface area contributed by atoms with Crippen molar-refractivity contribution in [1.82, 2.24) is 4.90 Å². The molecule has 0 N–H and O–H groups in total. The lowest BCUT2D eigenvalue weighted by molar-refractivity contribution is 0.126. The molecule has 0 aromatic carbocycles. The first-order valence-electron chi connectivity index (χ1n) is 3.43. The van der Waals surface area contributed by atoms with Crippen molar-refractivity contribution in [2.75, 3.05) is 20.1 Å². The van der Waals surface area contributed by atoms with Crippen LogP contribution in [0.1, 0.15) is 12.8 Å². The van der Waals surface area contributed by atoms with E-state index in [-0.39, 0.29) is 0 Å². The van der Waals surface area contributed by atoms with Gasteiger partial charge < -0.3 is 4.90 Å². The van der Waals surface area contributed by atoms with Crippen molar-refractivity contribution in [1.29, 1.82) is 0 Å². The van der Waals surface area contributed by atoms with Gasteiger partial charge in [-0.15, -0.1) is 0 Å². The zero-order valence-electron chi connectivity index (χ0n) is 6.06. The lowest BCUT2D eigenvalue weighted by Crippen LogP contribution is -2.40. The Balaban J connectivity index is 2.46. The molecule has 1 heterocycles. The van der Waals surface area contributed by atoms with E-state index in [1.165, 1.54) is 6.29 Å². The highest BCUT2D eigenvalue weighted by Crippen LogP contribution is 2.22. The van der Waals surface area contributed by atoms with Crippen molar-refractivity contribution >= 4 is 6.29 Å². The van der Waals surface area contributed by atoms with Crippen LogP contribution in [0, 0.1) is 0 Å².